The average molecular weight is 417 g/mol. The number of carbonyl (C=O) groups is 2. The van der Waals surface area contributed by atoms with Gasteiger partial charge in [0.05, 0.1) is 15.5 Å². The van der Waals surface area contributed by atoms with Crippen molar-refractivity contribution in [3.8, 4) is 11.1 Å². The number of fused-ring (bicyclic) bond motifs is 1. The van der Waals surface area contributed by atoms with Crippen molar-refractivity contribution >= 4 is 68.8 Å². The van der Waals surface area contributed by atoms with Crippen molar-refractivity contribution < 1.29 is 19.1 Å². The van der Waals surface area contributed by atoms with Crippen molar-refractivity contribution in [2.75, 3.05) is 0 Å². The number of aromatic nitrogens is 1. The highest BCUT2D eigenvalue weighted by atomic mass is 35.5. The highest BCUT2D eigenvalue weighted by molar-refractivity contribution is 8.26. The number of thioether (sulfide) groups is 1. The number of carbonyl (C=O) groups excluding carboxylic acids is 1. The minimum atomic E-state index is -1.12. The Hall–Kier alpha value is -2.68. The van der Waals surface area contributed by atoms with Crippen molar-refractivity contribution in [2.24, 2.45) is 0 Å². The lowest BCUT2D eigenvalue weighted by molar-refractivity contribution is -0.115. The molecule has 1 amide bonds. The minimum Gasteiger partial charge on any atom is -0.478 e. The van der Waals surface area contributed by atoms with E-state index in [2.05, 4.69) is 10.3 Å². The Kier molecular flexibility index (Phi) is 4.47. The zero-order valence-corrected chi connectivity index (χ0v) is 15.7. The van der Waals surface area contributed by atoms with Gasteiger partial charge in [0.1, 0.15) is 15.7 Å². The number of aromatic carboxylic acids is 1. The second-order valence-electron chi connectivity index (χ2n) is 5.61. The number of hydrogen-bond donors (Lipinski definition) is 2. The van der Waals surface area contributed by atoms with Crippen LogP contribution < -0.4 is 5.32 Å². The zero-order valence-electron chi connectivity index (χ0n) is 13.4. The third-order valence-corrected chi connectivity index (χ3v) is 5.36. The Morgan fingerprint density at radius 1 is 1.33 bits per heavy atom. The van der Waals surface area contributed by atoms with Crippen LogP contribution in [0.4, 0.5) is 0 Å². The third-order valence-electron chi connectivity index (χ3n) is 3.86. The van der Waals surface area contributed by atoms with E-state index in [1.54, 1.807) is 30.6 Å². The number of rotatable bonds is 3. The highest BCUT2D eigenvalue weighted by Crippen LogP contribution is 2.34. The molecular formula is C18H9ClN2O4S2. The van der Waals surface area contributed by atoms with Gasteiger partial charge >= 0.3 is 5.97 Å². The van der Waals surface area contributed by atoms with Gasteiger partial charge < -0.3 is 14.8 Å². The lowest BCUT2D eigenvalue weighted by Crippen LogP contribution is -2.17. The van der Waals surface area contributed by atoms with E-state index >= 15 is 0 Å². The highest BCUT2D eigenvalue weighted by Gasteiger charge is 2.23. The van der Waals surface area contributed by atoms with Crippen LogP contribution in [0.15, 0.2) is 46.0 Å². The van der Waals surface area contributed by atoms with Crippen molar-refractivity contribution in [2.45, 2.75) is 0 Å². The first-order valence-electron chi connectivity index (χ1n) is 7.58. The molecule has 0 aliphatic carbocycles. The number of nitrogens with zero attached hydrogens (tertiary/aromatic N) is 1. The van der Waals surface area contributed by atoms with Gasteiger partial charge in [-0.3, -0.25) is 9.78 Å². The van der Waals surface area contributed by atoms with E-state index in [0.717, 1.165) is 17.1 Å². The summed E-state index contributed by atoms with van der Waals surface area (Å²) in [5.41, 5.74) is 1.75. The second kappa shape index (κ2) is 6.80. The van der Waals surface area contributed by atoms with E-state index < -0.39 is 5.97 Å². The Morgan fingerprint density at radius 2 is 2.15 bits per heavy atom. The van der Waals surface area contributed by atoms with Crippen molar-refractivity contribution in [3.05, 3.63) is 57.9 Å². The van der Waals surface area contributed by atoms with Crippen molar-refractivity contribution in [3.63, 3.8) is 0 Å². The molecule has 0 atom stereocenters. The maximum atomic E-state index is 11.8. The lowest BCUT2D eigenvalue weighted by atomic mass is 10.0. The van der Waals surface area contributed by atoms with Crippen LogP contribution in [0.1, 0.15) is 16.1 Å². The lowest BCUT2D eigenvalue weighted by Gasteiger charge is -2.05. The second-order valence-corrected chi connectivity index (χ2v) is 7.73. The fourth-order valence-electron chi connectivity index (χ4n) is 2.67. The molecule has 3 aromatic rings. The molecule has 9 heteroatoms. The summed E-state index contributed by atoms with van der Waals surface area (Å²) < 4.78 is 6.29. The van der Waals surface area contributed by atoms with Crippen LogP contribution in [0.25, 0.3) is 28.2 Å². The zero-order chi connectivity index (χ0) is 19.1. The van der Waals surface area contributed by atoms with Gasteiger partial charge in [0.25, 0.3) is 5.91 Å². The fraction of sp³-hybridized carbons (Fsp3) is 0. The molecule has 0 unspecified atom stereocenters. The first-order valence-corrected chi connectivity index (χ1v) is 9.18. The summed E-state index contributed by atoms with van der Waals surface area (Å²) in [6, 6.07) is 6.44. The molecular weight excluding hydrogens is 408 g/mol. The molecule has 0 radical (unpaired) electrons. The summed E-state index contributed by atoms with van der Waals surface area (Å²) in [4.78, 5) is 27.8. The van der Waals surface area contributed by atoms with Gasteiger partial charge in [0, 0.05) is 29.4 Å². The van der Waals surface area contributed by atoms with E-state index in [9.17, 15) is 14.7 Å². The van der Waals surface area contributed by atoms with Gasteiger partial charge in [-0.25, -0.2) is 4.79 Å². The molecule has 4 rings (SSSR count). The van der Waals surface area contributed by atoms with Gasteiger partial charge in [0.2, 0.25) is 0 Å². The molecule has 3 heterocycles. The summed E-state index contributed by atoms with van der Waals surface area (Å²) in [7, 11) is 0. The molecule has 0 spiro atoms. The Balaban J connectivity index is 1.82. The minimum absolute atomic E-state index is 0.00685. The number of halogens is 1. The summed E-state index contributed by atoms with van der Waals surface area (Å²) in [6.45, 7) is 0. The first kappa shape index (κ1) is 17.7. The first-order chi connectivity index (χ1) is 12.9. The Morgan fingerprint density at radius 3 is 2.85 bits per heavy atom. The number of thiocarbonyl (C=S) groups is 1. The fourth-order valence-corrected chi connectivity index (χ4v) is 3.89. The summed E-state index contributed by atoms with van der Waals surface area (Å²) in [6.07, 6.45) is 4.82. The SMILES string of the molecule is O=C1NC(=S)S/C1=C/c1cc2cncc(-c3ccc(Cl)c(C(=O)O)c3)c2o1. The number of nitrogens with one attached hydrogen (secondary N) is 1. The molecule has 0 saturated carbocycles. The number of carboxylic acids is 1. The molecule has 1 aliphatic rings. The van der Waals surface area contributed by atoms with E-state index in [-0.39, 0.29) is 16.5 Å². The van der Waals surface area contributed by atoms with Crippen molar-refractivity contribution in [1.82, 2.24) is 10.3 Å². The molecule has 0 bridgehead atoms. The third kappa shape index (κ3) is 3.34. The smallest absolute Gasteiger partial charge is 0.337 e. The van der Waals surface area contributed by atoms with Crippen LogP contribution in [0.2, 0.25) is 5.02 Å². The van der Waals surface area contributed by atoms with E-state index in [1.165, 1.54) is 12.1 Å². The van der Waals surface area contributed by atoms with E-state index in [1.807, 2.05) is 0 Å². The maximum Gasteiger partial charge on any atom is 0.337 e. The van der Waals surface area contributed by atoms with Crippen LogP contribution in [0.5, 0.6) is 0 Å². The van der Waals surface area contributed by atoms with Gasteiger partial charge in [-0.2, -0.15) is 0 Å². The standard InChI is InChI=1S/C18H9ClN2O4S2/c19-13-2-1-8(4-11(13)17(23)24)12-7-20-6-9-3-10(25-15(9)12)5-14-16(22)21-18(26)27-14/h1-7H,(H,23,24)(H,21,22,26)/b14-5+. The molecule has 27 heavy (non-hydrogen) atoms. The largest absolute Gasteiger partial charge is 0.478 e. The van der Waals surface area contributed by atoms with Gasteiger partial charge in [0.15, 0.2) is 0 Å². The maximum absolute atomic E-state index is 11.8. The van der Waals surface area contributed by atoms with Gasteiger partial charge in [-0.1, -0.05) is 41.6 Å². The van der Waals surface area contributed by atoms with Crippen molar-refractivity contribution in [1.29, 1.82) is 0 Å². The molecule has 1 fully saturated rings. The van der Waals surface area contributed by atoms with Crippen LogP contribution in [-0.4, -0.2) is 26.3 Å². The Labute approximate surface area is 167 Å². The molecule has 1 aliphatic heterocycles. The van der Waals surface area contributed by atoms with Gasteiger partial charge in [-0.05, 0) is 23.8 Å². The monoisotopic (exact) mass is 416 g/mol. The number of amides is 1. The number of benzene rings is 1. The molecule has 134 valence electrons. The van der Waals surface area contributed by atoms with Crippen LogP contribution in [-0.2, 0) is 4.79 Å². The van der Waals surface area contributed by atoms with E-state index in [0.29, 0.717) is 31.7 Å². The number of pyridine rings is 1. The topological polar surface area (TPSA) is 92.4 Å². The molecule has 1 aromatic carbocycles. The molecule has 1 saturated heterocycles. The Bertz CT molecular complexity index is 1170. The quantitative estimate of drug-likeness (QED) is 0.484. The molecule has 6 nitrogen and oxygen atoms in total. The number of carboxylic acid groups (broad SMARTS) is 1. The molecule has 2 aromatic heterocycles. The summed E-state index contributed by atoms with van der Waals surface area (Å²) in [5.74, 6) is -0.922. The van der Waals surface area contributed by atoms with E-state index in [4.69, 9.17) is 28.2 Å². The number of furan rings is 1. The predicted octanol–water partition coefficient (Wildman–Crippen LogP) is 4.34. The number of hydrogen-bond acceptors (Lipinski definition) is 6. The van der Waals surface area contributed by atoms with Crippen LogP contribution >= 0.6 is 35.6 Å². The van der Waals surface area contributed by atoms with Crippen LogP contribution in [0.3, 0.4) is 0 Å². The summed E-state index contributed by atoms with van der Waals surface area (Å²) in [5, 5.41) is 12.7. The van der Waals surface area contributed by atoms with Crippen LogP contribution in [0, 0.1) is 0 Å². The molecule has 2 N–H and O–H groups in total. The van der Waals surface area contributed by atoms with Gasteiger partial charge in [-0.15, -0.1) is 0 Å². The summed E-state index contributed by atoms with van der Waals surface area (Å²) >= 11 is 12.1. The predicted molar refractivity (Wildman–Crippen MR) is 108 cm³/mol. The average Bonchev–Trinajstić information content (AvgIpc) is 3.17. The normalized spacial score (nSPS) is 15.5.